The number of nitrogens with one attached hydrogen (secondary N) is 2. The topological polar surface area (TPSA) is 75.5 Å². The van der Waals surface area contributed by atoms with Gasteiger partial charge in [0.1, 0.15) is 11.3 Å². The normalized spacial score (nSPS) is 10.8. The maximum atomic E-state index is 12.5. The van der Waals surface area contributed by atoms with E-state index < -0.39 is 0 Å². The first-order valence-electron chi connectivity index (χ1n) is 9.32. The zero-order valence-electron chi connectivity index (χ0n) is 15.7. The van der Waals surface area contributed by atoms with Gasteiger partial charge in [0.15, 0.2) is 0 Å². The molecule has 0 saturated heterocycles. The Balaban J connectivity index is 1.38. The second kappa shape index (κ2) is 9.50. The van der Waals surface area contributed by atoms with Gasteiger partial charge in [-0.3, -0.25) is 14.0 Å². The highest BCUT2D eigenvalue weighted by molar-refractivity contribution is 9.10. The molecule has 6 nitrogen and oxygen atoms in total. The van der Waals surface area contributed by atoms with E-state index in [1.165, 1.54) is 0 Å². The van der Waals surface area contributed by atoms with E-state index in [0.717, 1.165) is 35.1 Å². The molecule has 2 aromatic heterocycles. The van der Waals surface area contributed by atoms with Crippen LogP contribution in [0.4, 0.5) is 5.69 Å². The van der Waals surface area contributed by atoms with E-state index in [0.29, 0.717) is 24.4 Å². The molecule has 0 saturated carbocycles. The van der Waals surface area contributed by atoms with Crippen molar-refractivity contribution in [2.24, 2.45) is 0 Å². The quantitative estimate of drug-likeness (QED) is 0.509. The Morgan fingerprint density at radius 3 is 2.68 bits per heavy atom. The molecule has 2 heterocycles. The summed E-state index contributed by atoms with van der Waals surface area (Å²) in [7, 11) is 0. The molecule has 0 aliphatic heterocycles. The molecule has 0 radical (unpaired) electrons. The summed E-state index contributed by atoms with van der Waals surface area (Å²) in [5.74, 6) is -0.125. The monoisotopic (exact) mass is 442 g/mol. The fourth-order valence-electron chi connectivity index (χ4n) is 3.04. The number of anilines is 1. The highest BCUT2D eigenvalue weighted by atomic mass is 79.9. The van der Waals surface area contributed by atoms with Crippen LogP contribution in [0.2, 0.25) is 0 Å². The molecule has 146 valence electrons. The Labute approximate surface area is 172 Å². The van der Waals surface area contributed by atoms with Crippen molar-refractivity contribution < 1.29 is 9.59 Å². The molecule has 3 aromatic rings. The van der Waals surface area contributed by atoms with Crippen molar-refractivity contribution in [2.45, 2.75) is 32.6 Å². The van der Waals surface area contributed by atoms with Crippen LogP contribution in [-0.2, 0) is 4.79 Å². The third-order valence-corrected chi connectivity index (χ3v) is 5.12. The summed E-state index contributed by atoms with van der Waals surface area (Å²) >= 11 is 3.42. The van der Waals surface area contributed by atoms with Crippen molar-refractivity contribution >= 4 is 39.1 Å². The molecule has 28 heavy (non-hydrogen) atoms. The van der Waals surface area contributed by atoms with Gasteiger partial charge in [-0.15, -0.1) is 0 Å². The lowest BCUT2D eigenvalue weighted by Crippen LogP contribution is -2.26. The predicted molar refractivity (Wildman–Crippen MR) is 114 cm³/mol. The number of halogens is 1. The van der Waals surface area contributed by atoms with Crippen molar-refractivity contribution in [2.75, 3.05) is 11.9 Å². The van der Waals surface area contributed by atoms with Crippen LogP contribution in [0, 0.1) is 6.92 Å². The van der Waals surface area contributed by atoms with Crippen molar-refractivity contribution in [1.29, 1.82) is 0 Å². The van der Waals surface area contributed by atoms with Crippen LogP contribution in [-0.4, -0.2) is 27.7 Å². The SMILES string of the molecule is Cc1nc2ccccn2c1C(=O)NCCCCCC(=O)Nc1ccccc1Br. The van der Waals surface area contributed by atoms with E-state index in [4.69, 9.17) is 0 Å². The number of unbranched alkanes of at least 4 members (excludes halogenated alkanes) is 2. The lowest BCUT2D eigenvalue weighted by molar-refractivity contribution is -0.116. The van der Waals surface area contributed by atoms with Crippen LogP contribution in [0.1, 0.15) is 41.9 Å². The molecule has 2 N–H and O–H groups in total. The predicted octanol–water partition coefficient (Wildman–Crippen LogP) is 4.33. The van der Waals surface area contributed by atoms with Crippen molar-refractivity contribution in [1.82, 2.24) is 14.7 Å². The Morgan fingerprint density at radius 2 is 1.86 bits per heavy atom. The van der Waals surface area contributed by atoms with Crippen LogP contribution in [0.15, 0.2) is 53.1 Å². The van der Waals surface area contributed by atoms with E-state index >= 15 is 0 Å². The standard InChI is InChI=1S/C21H23BrN4O2/c1-15-20(26-14-8-6-11-18(26)24-15)21(28)23-13-7-2-3-12-19(27)25-17-10-5-4-9-16(17)22/h4-6,8-11,14H,2-3,7,12-13H2,1H3,(H,23,28)(H,25,27). The summed E-state index contributed by atoms with van der Waals surface area (Å²) in [6, 6.07) is 13.2. The largest absolute Gasteiger partial charge is 0.351 e. The first-order valence-corrected chi connectivity index (χ1v) is 10.1. The molecule has 0 aliphatic rings. The number of fused-ring (bicyclic) bond motifs is 1. The molecule has 7 heteroatoms. The summed E-state index contributed by atoms with van der Waals surface area (Å²) in [6.07, 6.45) is 4.77. The fourth-order valence-corrected chi connectivity index (χ4v) is 3.42. The van der Waals surface area contributed by atoms with Gasteiger partial charge < -0.3 is 10.6 Å². The molecule has 0 aliphatic carbocycles. The Morgan fingerprint density at radius 1 is 1.07 bits per heavy atom. The number of imidazole rings is 1. The number of hydrogen-bond donors (Lipinski definition) is 2. The minimum atomic E-state index is -0.122. The maximum Gasteiger partial charge on any atom is 0.270 e. The molecule has 3 rings (SSSR count). The maximum absolute atomic E-state index is 12.5. The van der Waals surface area contributed by atoms with Gasteiger partial charge in [-0.1, -0.05) is 24.6 Å². The van der Waals surface area contributed by atoms with Gasteiger partial charge in [0.25, 0.3) is 5.91 Å². The number of nitrogens with zero attached hydrogens (tertiary/aromatic N) is 2. The Hall–Kier alpha value is -2.67. The molecular weight excluding hydrogens is 420 g/mol. The third-order valence-electron chi connectivity index (χ3n) is 4.43. The minimum absolute atomic E-state index is 0.00251. The number of benzene rings is 1. The number of carbonyl (C=O) groups is 2. The number of aromatic nitrogens is 2. The molecule has 0 bridgehead atoms. The van der Waals surface area contributed by atoms with E-state index in [-0.39, 0.29) is 11.8 Å². The summed E-state index contributed by atoms with van der Waals surface area (Å²) in [5, 5.41) is 5.84. The number of rotatable bonds is 8. The third kappa shape index (κ3) is 4.98. The fraction of sp³-hybridized carbons (Fsp3) is 0.286. The van der Waals surface area contributed by atoms with E-state index in [1.54, 1.807) is 4.40 Å². The van der Waals surface area contributed by atoms with E-state index in [9.17, 15) is 9.59 Å². The van der Waals surface area contributed by atoms with Gasteiger partial charge in [0.05, 0.1) is 11.4 Å². The van der Waals surface area contributed by atoms with Gasteiger partial charge in [-0.25, -0.2) is 4.98 Å². The van der Waals surface area contributed by atoms with Gasteiger partial charge in [-0.2, -0.15) is 0 Å². The second-order valence-corrected chi connectivity index (χ2v) is 7.42. The number of para-hydroxylation sites is 1. The molecule has 2 amide bonds. The number of pyridine rings is 1. The van der Waals surface area contributed by atoms with Crippen LogP contribution >= 0.6 is 15.9 Å². The van der Waals surface area contributed by atoms with Gasteiger partial charge >= 0.3 is 0 Å². The summed E-state index contributed by atoms with van der Waals surface area (Å²) in [5.41, 5.74) is 2.83. The molecule has 0 unspecified atom stereocenters. The summed E-state index contributed by atoms with van der Waals surface area (Å²) < 4.78 is 2.67. The lowest BCUT2D eigenvalue weighted by atomic mass is 10.2. The second-order valence-electron chi connectivity index (χ2n) is 6.57. The first-order chi connectivity index (χ1) is 13.6. The summed E-state index contributed by atoms with van der Waals surface area (Å²) in [4.78, 5) is 28.9. The number of carbonyl (C=O) groups excluding carboxylic acids is 2. The minimum Gasteiger partial charge on any atom is -0.351 e. The van der Waals surface area contributed by atoms with Crippen LogP contribution in [0.25, 0.3) is 5.65 Å². The number of hydrogen-bond acceptors (Lipinski definition) is 3. The Kier molecular flexibility index (Phi) is 6.81. The number of amides is 2. The molecule has 0 fully saturated rings. The van der Waals surface area contributed by atoms with E-state index in [2.05, 4.69) is 31.5 Å². The zero-order chi connectivity index (χ0) is 19.9. The Bertz CT molecular complexity index is 983. The number of aryl methyl sites for hydroxylation is 1. The van der Waals surface area contributed by atoms with Gasteiger partial charge in [0, 0.05) is 23.6 Å². The highest BCUT2D eigenvalue weighted by Gasteiger charge is 2.15. The van der Waals surface area contributed by atoms with Crippen LogP contribution in [0.5, 0.6) is 0 Å². The molecule has 0 spiro atoms. The van der Waals surface area contributed by atoms with Crippen molar-refractivity contribution in [3.63, 3.8) is 0 Å². The van der Waals surface area contributed by atoms with Gasteiger partial charge in [0.2, 0.25) is 5.91 Å². The summed E-state index contributed by atoms with van der Waals surface area (Å²) in [6.45, 7) is 2.41. The average Bonchev–Trinajstić information content (AvgIpc) is 3.02. The molecular formula is C21H23BrN4O2. The smallest absolute Gasteiger partial charge is 0.270 e. The molecule has 0 atom stereocenters. The van der Waals surface area contributed by atoms with E-state index in [1.807, 2.05) is 55.6 Å². The lowest BCUT2D eigenvalue weighted by Gasteiger charge is -2.08. The molecule has 1 aromatic carbocycles. The first kappa shape index (κ1) is 20.1. The van der Waals surface area contributed by atoms with Crippen molar-refractivity contribution in [3.05, 3.63) is 64.5 Å². The van der Waals surface area contributed by atoms with Crippen molar-refractivity contribution in [3.8, 4) is 0 Å². The van der Waals surface area contributed by atoms with Crippen LogP contribution < -0.4 is 10.6 Å². The zero-order valence-corrected chi connectivity index (χ0v) is 17.3. The highest BCUT2D eigenvalue weighted by Crippen LogP contribution is 2.21. The average molecular weight is 443 g/mol. The van der Waals surface area contributed by atoms with Crippen LogP contribution in [0.3, 0.4) is 0 Å². The van der Waals surface area contributed by atoms with Gasteiger partial charge in [-0.05, 0) is 60.0 Å².